The lowest BCUT2D eigenvalue weighted by Crippen LogP contribution is -2.33. The maximum Gasteiger partial charge on any atom is 0.469 e. The summed E-state index contributed by atoms with van der Waals surface area (Å²) < 4.78 is 21.1. The Morgan fingerprint density at radius 2 is 2.19 bits per heavy atom. The van der Waals surface area contributed by atoms with Crippen LogP contribution in [-0.2, 0) is 13.8 Å². The van der Waals surface area contributed by atoms with Gasteiger partial charge in [-0.15, -0.1) is 5.10 Å². The van der Waals surface area contributed by atoms with Gasteiger partial charge in [-0.25, -0.2) is 14.2 Å². The molecule has 0 bridgehead atoms. The molecule has 0 aromatic carbocycles. The highest BCUT2D eigenvalue weighted by atomic mass is 31.2. The van der Waals surface area contributed by atoms with Crippen LogP contribution in [0.25, 0.3) is 0 Å². The molecule has 0 spiro atoms. The molecule has 0 radical (unpaired) electrons. The van der Waals surface area contributed by atoms with Crippen LogP contribution >= 0.6 is 7.82 Å². The molecule has 4 unspecified atom stereocenters. The lowest BCUT2D eigenvalue weighted by molar-refractivity contribution is -0.0580. The van der Waals surface area contributed by atoms with E-state index in [1.165, 1.54) is 0 Å². The van der Waals surface area contributed by atoms with Crippen LogP contribution in [0, 0.1) is 5.41 Å². The second kappa shape index (κ2) is 5.77. The quantitative estimate of drug-likeness (QED) is 0.188. The fraction of sp³-hybridized carbons (Fsp3) is 0.625. The molecule has 1 fully saturated rings. The number of hydrogen-bond donors (Lipinski definition) is 6. The topological polar surface area (TPSA) is 197 Å². The van der Waals surface area contributed by atoms with Crippen molar-refractivity contribution in [2.24, 2.45) is 5.73 Å². The number of nitrogens with one attached hydrogen (secondary N) is 1. The van der Waals surface area contributed by atoms with Gasteiger partial charge in [-0.3, -0.25) is 9.93 Å². The number of nitrogens with two attached hydrogens (primary N) is 1. The summed E-state index contributed by atoms with van der Waals surface area (Å²) in [6, 6.07) is 0. The molecule has 118 valence electrons. The van der Waals surface area contributed by atoms with Crippen LogP contribution in [0.4, 0.5) is 0 Å². The summed E-state index contributed by atoms with van der Waals surface area (Å²) in [6.45, 7) is -0.618. The van der Waals surface area contributed by atoms with E-state index in [2.05, 4.69) is 14.6 Å². The molecule has 1 aromatic rings. The standard InChI is InChI=1S/C8H14N5O7P/c9-6(10)7-11-2-13(12-7)8-5(15)4(14)3(20-8)1-19-21(16,17)18/h2-5,8,14-15H,1H2,(H3,9,10)(H2,16,17,18). The largest absolute Gasteiger partial charge is 0.469 e. The molecule has 0 amide bonds. The van der Waals surface area contributed by atoms with E-state index < -0.39 is 39.0 Å². The Morgan fingerprint density at radius 1 is 1.52 bits per heavy atom. The number of aliphatic hydroxyl groups is 2. The average molecular weight is 323 g/mol. The highest BCUT2D eigenvalue weighted by Crippen LogP contribution is 2.38. The number of nitrogen functional groups attached to an aromatic ring is 1. The third kappa shape index (κ3) is 3.63. The van der Waals surface area contributed by atoms with Gasteiger partial charge in [0.2, 0.25) is 5.82 Å². The minimum atomic E-state index is -4.72. The molecule has 13 heteroatoms. The molecule has 12 nitrogen and oxygen atoms in total. The number of aromatic nitrogens is 3. The van der Waals surface area contributed by atoms with Crippen molar-refractivity contribution in [3.8, 4) is 0 Å². The van der Waals surface area contributed by atoms with E-state index in [1.807, 2.05) is 0 Å². The molecule has 2 heterocycles. The van der Waals surface area contributed by atoms with Gasteiger partial charge in [0.1, 0.15) is 24.6 Å². The van der Waals surface area contributed by atoms with E-state index in [0.717, 1.165) is 11.0 Å². The van der Waals surface area contributed by atoms with Gasteiger partial charge in [0.25, 0.3) is 0 Å². The van der Waals surface area contributed by atoms with E-state index in [4.69, 9.17) is 25.7 Å². The SMILES string of the molecule is N=C(N)c1ncn(C2OC(COP(=O)(O)O)C(O)C2O)n1. The molecule has 1 aliphatic rings. The predicted molar refractivity (Wildman–Crippen MR) is 65.0 cm³/mol. The van der Waals surface area contributed by atoms with E-state index >= 15 is 0 Å². The van der Waals surface area contributed by atoms with Crippen molar-refractivity contribution in [3.05, 3.63) is 12.2 Å². The number of ether oxygens (including phenoxy) is 1. The first-order valence-electron chi connectivity index (χ1n) is 5.66. The molecule has 7 N–H and O–H groups in total. The summed E-state index contributed by atoms with van der Waals surface area (Å²) >= 11 is 0. The number of hydrogen-bond acceptors (Lipinski definition) is 8. The Kier molecular flexibility index (Phi) is 4.39. The fourth-order valence-electron chi connectivity index (χ4n) is 1.78. The number of phosphoric acid groups is 1. The van der Waals surface area contributed by atoms with Crippen LogP contribution in [0.3, 0.4) is 0 Å². The Bertz CT molecular complexity index is 573. The summed E-state index contributed by atoms with van der Waals surface area (Å²) in [5.74, 6) is -0.474. The second-order valence-electron chi connectivity index (χ2n) is 4.29. The maximum absolute atomic E-state index is 10.6. The van der Waals surface area contributed by atoms with E-state index in [-0.39, 0.29) is 11.7 Å². The molecule has 4 atom stereocenters. The summed E-state index contributed by atoms with van der Waals surface area (Å²) in [5, 5.41) is 30.6. The van der Waals surface area contributed by atoms with Gasteiger partial charge in [0.05, 0.1) is 6.61 Å². The van der Waals surface area contributed by atoms with Crippen LogP contribution in [0.1, 0.15) is 12.1 Å². The first-order chi connectivity index (χ1) is 9.69. The highest BCUT2D eigenvalue weighted by Gasteiger charge is 2.45. The molecule has 0 saturated carbocycles. The molecule has 0 aliphatic carbocycles. The van der Waals surface area contributed by atoms with Gasteiger partial charge >= 0.3 is 7.82 Å². The van der Waals surface area contributed by atoms with Crippen molar-refractivity contribution in [3.63, 3.8) is 0 Å². The minimum Gasteiger partial charge on any atom is -0.387 e. The first kappa shape index (κ1) is 16.0. The summed E-state index contributed by atoms with van der Waals surface area (Å²) in [7, 11) is -4.72. The van der Waals surface area contributed by atoms with Gasteiger partial charge in [0.15, 0.2) is 12.1 Å². The smallest absolute Gasteiger partial charge is 0.387 e. The Hall–Kier alpha value is -1.40. The number of nitrogens with zero attached hydrogens (tertiary/aromatic N) is 3. The van der Waals surface area contributed by atoms with Gasteiger partial charge in [-0.1, -0.05) is 0 Å². The van der Waals surface area contributed by atoms with Crippen molar-refractivity contribution in [1.82, 2.24) is 14.8 Å². The third-order valence-corrected chi connectivity index (χ3v) is 3.24. The Balaban J connectivity index is 2.08. The van der Waals surface area contributed by atoms with Crippen LogP contribution < -0.4 is 5.73 Å². The monoisotopic (exact) mass is 323 g/mol. The number of amidine groups is 1. The first-order valence-corrected chi connectivity index (χ1v) is 7.19. The third-order valence-electron chi connectivity index (χ3n) is 2.75. The molecule has 1 aliphatic heterocycles. The molecule has 2 rings (SSSR count). The van der Waals surface area contributed by atoms with Crippen LogP contribution in [-0.4, -0.2) is 65.5 Å². The second-order valence-corrected chi connectivity index (χ2v) is 5.53. The predicted octanol–water partition coefficient (Wildman–Crippen LogP) is -2.71. The summed E-state index contributed by atoms with van der Waals surface area (Å²) in [6.07, 6.45) is -4.03. The zero-order chi connectivity index (χ0) is 15.8. The number of phosphoric ester groups is 1. The van der Waals surface area contributed by atoms with Crippen LogP contribution in [0.15, 0.2) is 6.33 Å². The van der Waals surface area contributed by atoms with Crippen molar-refractivity contribution < 1.29 is 33.8 Å². The van der Waals surface area contributed by atoms with Crippen LogP contribution in [0.5, 0.6) is 0 Å². The molecular weight excluding hydrogens is 309 g/mol. The van der Waals surface area contributed by atoms with Crippen molar-refractivity contribution in [2.45, 2.75) is 24.5 Å². The average Bonchev–Trinajstić information content (AvgIpc) is 2.94. The van der Waals surface area contributed by atoms with Gasteiger partial charge in [0, 0.05) is 0 Å². The molecule has 1 aromatic heterocycles. The zero-order valence-corrected chi connectivity index (χ0v) is 11.4. The van der Waals surface area contributed by atoms with Crippen molar-refractivity contribution >= 4 is 13.7 Å². The highest BCUT2D eigenvalue weighted by molar-refractivity contribution is 7.46. The molecular formula is C8H14N5O7P. The van der Waals surface area contributed by atoms with Crippen molar-refractivity contribution in [2.75, 3.05) is 6.61 Å². The van der Waals surface area contributed by atoms with E-state index in [0.29, 0.717) is 0 Å². The summed E-state index contributed by atoms with van der Waals surface area (Å²) in [4.78, 5) is 20.9. The molecule has 1 saturated heterocycles. The number of aliphatic hydroxyl groups excluding tert-OH is 2. The maximum atomic E-state index is 10.6. The molecule has 21 heavy (non-hydrogen) atoms. The normalized spacial score (nSPS) is 29.7. The van der Waals surface area contributed by atoms with Crippen LogP contribution in [0.2, 0.25) is 0 Å². The van der Waals surface area contributed by atoms with Crippen molar-refractivity contribution in [1.29, 1.82) is 5.41 Å². The Morgan fingerprint density at radius 3 is 2.71 bits per heavy atom. The summed E-state index contributed by atoms with van der Waals surface area (Å²) in [5.41, 5.74) is 5.20. The zero-order valence-electron chi connectivity index (χ0n) is 10.5. The lowest BCUT2D eigenvalue weighted by atomic mass is 10.1. The van der Waals surface area contributed by atoms with E-state index in [9.17, 15) is 14.8 Å². The number of rotatable bonds is 5. The fourth-order valence-corrected chi connectivity index (χ4v) is 2.12. The van der Waals surface area contributed by atoms with E-state index in [1.54, 1.807) is 0 Å². The Labute approximate surface area is 117 Å². The minimum absolute atomic E-state index is 0.0878. The van der Waals surface area contributed by atoms with Gasteiger partial charge in [-0.05, 0) is 0 Å². The van der Waals surface area contributed by atoms with Gasteiger partial charge in [-0.2, -0.15) is 0 Å². The van der Waals surface area contributed by atoms with Gasteiger partial charge < -0.3 is 30.5 Å². The lowest BCUT2D eigenvalue weighted by Gasteiger charge is -2.14.